The topological polar surface area (TPSA) is 58.8 Å². The van der Waals surface area contributed by atoms with Crippen LogP contribution < -0.4 is 5.73 Å². The van der Waals surface area contributed by atoms with Gasteiger partial charge in [-0.05, 0) is 30.8 Å². The third-order valence-corrected chi connectivity index (χ3v) is 3.87. The van der Waals surface area contributed by atoms with Gasteiger partial charge in [-0.1, -0.05) is 26.0 Å². The van der Waals surface area contributed by atoms with Gasteiger partial charge >= 0.3 is 0 Å². The van der Waals surface area contributed by atoms with Crippen LogP contribution in [0.5, 0.6) is 0 Å². The van der Waals surface area contributed by atoms with Gasteiger partial charge in [-0.25, -0.2) is 0 Å². The van der Waals surface area contributed by atoms with E-state index in [4.69, 9.17) is 10.5 Å². The average molecular weight is 344 g/mol. The Balaban J connectivity index is 0.00000484. The van der Waals surface area contributed by atoms with Crippen LogP contribution in [-0.2, 0) is 11.3 Å². The summed E-state index contributed by atoms with van der Waals surface area (Å²) in [6, 6.07) is 7.52. The number of rotatable bonds is 10. The van der Waals surface area contributed by atoms with Crippen LogP contribution >= 0.6 is 12.4 Å². The van der Waals surface area contributed by atoms with Gasteiger partial charge in [0.2, 0.25) is 0 Å². The Morgan fingerprint density at radius 2 is 1.70 bits per heavy atom. The molecule has 0 spiro atoms. The molecule has 0 aliphatic heterocycles. The van der Waals surface area contributed by atoms with Crippen molar-refractivity contribution in [1.82, 2.24) is 9.80 Å². The van der Waals surface area contributed by atoms with Gasteiger partial charge in [0, 0.05) is 38.9 Å². The third-order valence-electron chi connectivity index (χ3n) is 3.87. The zero-order valence-electron chi connectivity index (χ0n) is 14.5. The van der Waals surface area contributed by atoms with E-state index in [-0.39, 0.29) is 18.3 Å². The van der Waals surface area contributed by atoms with Crippen molar-refractivity contribution in [3.63, 3.8) is 0 Å². The minimum Gasteiger partial charge on any atom is -0.383 e. The van der Waals surface area contributed by atoms with Crippen LogP contribution in [-0.4, -0.2) is 62.1 Å². The second-order valence-corrected chi connectivity index (χ2v) is 5.21. The zero-order chi connectivity index (χ0) is 16.4. The molecule has 0 bridgehead atoms. The number of hydrogen-bond acceptors (Lipinski definition) is 4. The lowest BCUT2D eigenvalue weighted by atomic mass is 10.1. The molecular weight excluding hydrogens is 314 g/mol. The number of benzene rings is 1. The van der Waals surface area contributed by atoms with Crippen molar-refractivity contribution < 1.29 is 9.53 Å². The first-order valence-electron chi connectivity index (χ1n) is 7.95. The molecule has 1 aromatic carbocycles. The number of halogens is 1. The van der Waals surface area contributed by atoms with E-state index in [1.807, 2.05) is 29.2 Å². The fourth-order valence-electron chi connectivity index (χ4n) is 2.28. The molecule has 0 fully saturated rings. The molecule has 0 aromatic heterocycles. The second kappa shape index (κ2) is 12.3. The maximum Gasteiger partial charge on any atom is 0.253 e. The maximum absolute atomic E-state index is 12.7. The van der Waals surface area contributed by atoms with Crippen LogP contribution in [0.15, 0.2) is 24.3 Å². The highest BCUT2D eigenvalue weighted by Gasteiger charge is 2.16. The molecule has 0 saturated carbocycles. The smallest absolute Gasteiger partial charge is 0.253 e. The molecule has 23 heavy (non-hydrogen) atoms. The summed E-state index contributed by atoms with van der Waals surface area (Å²) in [7, 11) is 1.66. The Labute approximate surface area is 146 Å². The van der Waals surface area contributed by atoms with E-state index < -0.39 is 0 Å². The summed E-state index contributed by atoms with van der Waals surface area (Å²) < 4.78 is 5.13. The van der Waals surface area contributed by atoms with Crippen molar-refractivity contribution in [2.24, 2.45) is 5.73 Å². The molecule has 1 rings (SSSR count). The van der Waals surface area contributed by atoms with Gasteiger partial charge in [-0.2, -0.15) is 0 Å². The van der Waals surface area contributed by atoms with Crippen LogP contribution in [0.25, 0.3) is 0 Å². The van der Waals surface area contributed by atoms with Crippen LogP contribution in [0.4, 0.5) is 0 Å². The zero-order valence-corrected chi connectivity index (χ0v) is 15.3. The van der Waals surface area contributed by atoms with Crippen LogP contribution in [0.2, 0.25) is 0 Å². The lowest BCUT2D eigenvalue weighted by Crippen LogP contribution is -2.40. The third kappa shape index (κ3) is 7.31. The van der Waals surface area contributed by atoms with E-state index in [9.17, 15) is 4.79 Å². The summed E-state index contributed by atoms with van der Waals surface area (Å²) in [6.07, 6.45) is 0. The van der Waals surface area contributed by atoms with Crippen molar-refractivity contribution in [2.75, 3.05) is 46.4 Å². The molecule has 2 N–H and O–H groups in total. The van der Waals surface area contributed by atoms with Gasteiger partial charge < -0.3 is 20.3 Å². The highest BCUT2D eigenvalue weighted by atomic mass is 35.5. The lowest BCUT2D eigenvalue weighted by molar-refractivity contribution is 0.0674. The Morgan fingerprint density at radius 1 is 1.09 bits per heavy atom. The minimum atomic E-state index is 0. The molecule has 0 aliphatic carbocycles. The van der Waals surface area contributed by atoms with Crippen LogP contribution in [0, 0.1) is 0 Å². The van der Waals surface area contributed by atoms with E-state index in [2.05, 4.69) is 18.7 Å². The molecule has 0 radical (unpaired) electrons. The van der Waals surface area contributed by atoms with E-state index in [0.717, 1.165) is 25.2 Å². The largest absolute Gasteiger partial charge is 0.383 e. The van der Waals surface area contributed by atoms with Crippen molar-refractivity contribution in [3.8, 4) is 0 Å². The molecule has 0 aliphatic rings. The first kappa shape index (κ1) is 21.9. The number of ether oxygens (including phenoxy) is 1. The maximum atomic E-state index is 12.7. The number of nitrogens with two attached hydrogens (primary N) is 1. The van der Waals surface area contributed by atoms with Gasteiger partial charge in [0.15, 0.2) is 0 Å². The van der Waals surface area contributed by atoms with Gasteiger partial charge in [0.25, 0.3) is 5.91 Å². The highest BCUT2D eigenvalue weighted by molar-refractivity contribution is 5.94. The fourth-order valence-corrected chi connectivity index (χ4v) is 2.28. The summed E-state index contributed by atoms with van der Waals surface area (Å²) in [5, 5.41) is 0. The quantitative estimate of drug-likeness (QED) is 0.706. The molecule has 0 unspecified atom stereocenters. The number of methoxy groups -OCH3 is 1. The van der Waals surface area contributed by atoms with Crippen molar-refractivity contribution in [2.45, 2.75) is 20.4 Å². The summed E-state index contributed by atoms with van der Waals surface area (Å²) >= 11 is 0. The number of nitrogens with zero attached hydrogens (tertiary/aromatic N) is 2. The summed E-state index contributed by atoms with van der Waals surface area (Å²) in [6.45, 7) is 9.49. The normalized spacial score (nSPS) is 10.5. The van der Waals surface area contributed by atoms with Crippen LogP contribution in [0.1, 0.15) is 29.8 Å². The van der Waals surface area contributed by atoms with E-state index in [1.54, 1.807) is 7.11 Å². The molecule has 0 heterocycles. The lowest BCUT2D eigenvalue weighted by Gasteiger charge is -2.26. The van der Waals surface area contributed by atoms with E-state index >= 15 is 0 Å². The molecule has 0 atom stereocenters. The first-order chi connectivity index (χ1) is 10.7. The SMILES string of the molecule is CCN(CC)CCN(CCOC)C(=O)c1ccc(CN)cc1.Cl. The van der Waals surface area contributed by atoms with E-state index in [0.29, 0.717) is 31.8 Å². The van der Waals surface area contributed by atoms with Gasteiger partial charge in [0.1, 0.15) is 0 Å². The molecule has 6 heteroatoms. The minimum absolute atomic E-state index is 0. The Hall–Kier alpha value is -1.14. The standard InChI is InChI=1S/C17H29N3O2.ClH/c1-4-19(5-2)10-11-20(12-13-22-3)17(21)16-8-6-15(14-18)7-9-16;/h6-9H,4-5,10-14,18H2,1-3H3;1H. The number of amides is 1. The highest BCUT2D eigenvalue weighted by Crippen LogP contribution is 2.08. The van der Waals surface area contributed by atoms with Crippen molar-refractivity contribution in [3.05, 3.63) is 35.4 Å². The summed E-state index contributed by atoms with van der Waals surface area (Å²) in [5.74, 6) is 0.0489. The number of hydrogen-bond donors (Lipinski definition) is 1. The summed E-state index contributed by atoms with van der Waals surface area (Å²) in [5.41, 5.74) is 7.33. The first-order valence-corrected chi connectivity index (χ1v) is 7.95. The number of carbonyl (C=O) groups excluding carboxylic acids is 1. The monoisotopic (exact) mass is 343 g/mol. The molecule has 1 amide bonds. The molecule has 0 saturated heterocycles. The van der Waals surface area contributed by atoms with Gasteiger partial charge in [-0.15, -0.1) is 12.4 Å². The number of carbonyl (C=O) groups is 1. The van der Waals surface area contributed by atoms with Gasteiger partial charge in [0.05, 0.1) is 6.61 Å². The Morgan fingerprint density at radius 3 is 2.17 bits per heavy atom. The van der Waals surface area contributed by atoms with Gasteiger partial charge in [-0.3, -0.25) is 4.79 Å². The molecule has 132 valence electrons. The predicted molar refractivity (Wildman–Crippen MR) is 97.1 cm³/mol. The molecule has 1 aromatic rings. The van der Waals surface area contributed by atoms with Crippen molar-refractivity contribution in [1.29, 1.82) is 0 Å². The fraction of sp³-hybridized carbons (Fsp3) is 0.588. The number of likely N-dealkylation sites (N-methyl/N-ethyl adjacent to an activating group) is 1. The van der Waals surface area contributed by atoms with E-state index in [1.165, 1.54) is 0 Å². The van der Waals surface area contributed by atoms with Crippen molar-refractivity contribution >= 4 is 18.3 Å². The summed E-state index contributed by atoms with van der Waals surface area (Å²) in [4.78, 5) is 16.8. The molecule has 5 nitrogen and oxygen atoms in total. The van der Waals surface area contributed by atoms with Crippen LogP contribution in [0.3, 0.4) is 0 Å². The molecular formula is C17H30ClN3O2. The predicted octanol–water partition coefficient (Wildman–Crippen LogP) is 2.00. The Kier molecular flexibility index (Phi) is 11.7. The second-order valence-electron chi connectivity index (χ2n) is 5.21. The average Bonchev–Trinajstić information content (AvgIpc) is 2.57. The Bertz CT molecular complexity index is 436.